The van der Waals surface area contributed by atoms with Crippen LogP contribution < -0.4 is 0 Å². The second-order valence-electron chi connectivity index (χ2n) is 1.98. The summed E-state index contributed by atoms with van der Waals surface area (Å²) in [5.41, 5.74) is 0. The molecule has 0 aliphatic heterocycles. The summed E-state index contributed by atoms with van der Waals surface area (Å²) in [6, 6.07) is 1.55. The van der Waals surface area contributed by atoms with Crippen LogP contribution in [0.3, 0.4) is 0 Å². The van der Waals surface area contributed by atoms with E-state index in [1.54, 1.807) is 6.07 Å². The molecule has 0 aromatic rings. The van der Waals surface area contributed by atoms with Crippen LogP contribution >= 0.6 is 0 Å². The molecule has 0 saturated carbocycles. The van der Waals surface area contributed by atoms with Crippen LogP contribution in [0, 0.1) is 23.1 Å². The Kier molecular flexibility index (Phi) is 2.08. The first-order valence-electron chi connectivity index (χ1n) is 3.02. The predicted octanol–water partition coefficient (Wildman–Crippen LogP) is 0.867. The molecule has 0 bridgehead atoms. The summed E-state index contributed by atoms with van der Waals surface area (Å²) >= 11 is 0. The average Bonchev–Trinajstić information content (AvgIpc) is 1.60. The maximum absolute atomic E-state index is 10.2. The molecule has 3 nitrogen and oxygen atoms in total. The van der Waals surface area contributed by atoms with Gasteiger partial charge in [-0.05, 0) is 5.89 Å². The van der Waals surface area contributed by atoms with Gasteiger partial charge in [-0.2, -0.15) is 5.26 Å². The topological polar surface area (TPSA) is 61.1 Å². The van der Waals surface area contributed by atoms with Crippen LogP contribution in [0.25, 0.3) is 0 Å². The molecule has 0 amide bonds. The van der Waals surface area contributed by atoms with Crippen molar-refractivity contribution in [3.63, 3.8) is 0 Å². The third-order valence-corrected chi connectivity index (χ3v) is 0.953. The van der Waals surface area contributed by atoms with E-state index >= 15 is 0 Å². The summed E-state index contributed by atoms with van der Waals surface area (Å²) in [6.07, 6.45) is 0. The van der Waals surface area contributed by atoms with E-state index in [0.29, 0.717) is 0 Å². The molecule has 1 N–H and O–H groups in total. The highest BCUT2D eigenvalue weighted by Gasteiger charge is 2.19. The van der Waals surface area contributed by atoms with Crippen LogP contribution in [0.4, 0.5) is 0 Å². The lowest BCUT2D eigenvalue weighted by Crippen LogP contribution is -2.17. The lowest BCUT2D eigenvalue weighted by Gasteiger charge is -2.04. The lowest BCUT2D eigenvalue weighted by atomic mass is 9.98. The SMILES string of the molecule is [2H]C(C)(C)C(C#N)C(=O)O. The maximum Gasteiger partial charge on any atom is 0.321 e. The first-order valence-corrected chi connectivity index (χ1v) is 2.52. The van der Waals surface area contributed by atoms with Crippen molar-refractivity contribution in [3.8, 4) is 6.07 Å². The largest absolute Gasteiger partial charge is 0.480 e. The Balaban J connectivity index is 4.42. The monoisotopic (exact) mass is 128 g/mol. The zero-order valence-corrected chi connectivity index (χ0v) is 5.38. The smallest absolute Gasteiger partial charge is 0.321 e. The average molecular weight is 128 g/mol. The predicted molar refractivity (Wildman–Crippen MR) is 31.6 cm³/mol. The summed E-state index contributed by atoms with van der Waals surface area (Å²) < 4.78 is 7.22. The third kappa shape index (κ3) is 2.13. The van der Waals surface area contributed by atoms with Crippen molar-refractivity contribution in [3.05, 3.63) is 0 Å². The number of carboxylic acid groups (broad SMARTS) is 1. The second kappa shape index (κ2) is 3.08. The summed E-state index contributed by atoms with van der Waals surface area (Å²) in [7, 11) is 0. The van der Waals surface area contributed by atoms with Crippen molar-refractivity contribution in [1.82, 2.24) is 0 Å². The third-order valence-electron chi connectivity index (χ3n) is 0.953. The van der Waals surface area contributed by atoms with Crippen LogP contribution in [0.1, 0.15) is 15.2 Å². The number of carboxylic acids is 1. The van der Waals surface area contributed by atoms with Crippen LogP contribution in [0.5, 0.6) is 0 Å². The molecule has 0 spiro atoms. The van der Waals surface area contributed by atoms with Gasteiger partial charge in [-0.25, -0.2) is 0 Å². The highest BCUT2D eigenvalue weighted by Crippen LogP contribution is 2.08. The first-order chi connectivity index (χ1) is 4.39. The fourth-order valence-electron chi connectivity index (χ4n) is 0.431. The van der Waals surface area contributed by atoms with Gasteiger partial charge < -0.3 is 5.11 Å². The van der Waals surface area contributed by atoms with Gasteiger partial charge in [0.1, 0.15) is 5.92 Å². The fourth-order valence-corrected chi connectivity index (χ4v) is 0.431. The summed E-state index contributed by atoms with van der Waals surface area (Å²) in [5.74, 6) is -3.70. The Morgan fingerprint density at radius 3 is 2.33 bits per heavy atom. The molecule has 0 aromatic carbocycles. The minimum Gasteiger partial charge on any atom is -0.480 e. The van der Waals surface area contributed by atoms with Crippen LogP contribution in [-0.2, 0) is 4.79 Å². The van der Waals surface area contributed by atoms with Crippen molar-refractivity contribution in [2.24, 2.45) is 11.8 Å². The Labute approximate surface area is 55.3 Å². The Morgan fingerprint density at radius 2 is 2.33 bits per heavy atom. The van der Waals surface area contributed by atoms with E-state index in [-0.39, 0.29) is 0 Å². The molecule has 3 heteroatoms. The van der Waals surface area contributed by atoms with Gasteiger partial charge in [-0.1, -0.05) is 13.8 Å². The van der Waals surface area contributed by atoms with E-state index in [0.717, 1.165) is 0 Å². The van der Waals surface area contributed by atoms with Crippen molar-refractivity contribution in [2.75, 3.05) is 0 Å². The molecular formula is C6H9NO2. The zero-order chi connectivity index (χ0) is 8.36. The van der Waals surface area contributed by atoms with Gasteiger partial charge >= 0.3 is 5.97 Å². The van der Waals surface area contributed by atoms with E-state index in [2.05, 4.69) is 0 Å². The molecule has 0 aliphatic rings. The Morgan fingerprint density at radius 1 is 1.89 bits per heavy atom. The van der Waals surface area contributed by atoms with Gasteiger partial charge in [0.2, 0.25) is 0 Å². The standard InChI is InChI=1S/C6H9NO2/c1-4(2)5(3-7)6(8)9/h4-5H,1-2H3,(H,8,9)/i4D. The molecule has 0 aromatic heterocycles. The first kappa shape index (κ1) is 6.09. The van der Waals surface area contributed by atoms with Gasteiger partial charge in [0.15, 0.2) is 0 Å². The van der Waals surface area contributed by atoms with Gasteiger partial charge in [0.25, 0.3) is 0 Å². The molecule has 1 unspecified atom stereocenters. The highest BCUT2D eigenvalue weighted by molar-refractivity contribution is 5.73. The maximum atomic E-state index is 10.2. The minimum atomic E-state index is -1.24. The summed E-state index contributed by atoms with van der Waals surface area (Å²) in [5, 5.41) is 16.6. The molecule has 50 valence electrons. The molecule has 9 heavy (non-hydrogen) atoms. The molecule has 1 atom stereocenters. The van der Waals surface area contributed by atoms with Gasteiger partial charge in [0, 0.05) is 1.37 Å². The second-order valence-corrected chi connectivity index (χ2v) is 1.98. The quantitative estimate of drug-likeness (QED) is 0.600. The minimum absolute atomic E-state index is 1.22. The van der Waals surface area contributed by atoms with Crippen LogP contribution in [0.2, 0.25) is 0 Å². The number of rotatable bonds is 2. The van der Waals surface area contributed by atoms with E-state index < -0.39 is 17.8 Å². The normalized spacial score (nSPS) is 15.4. The van der Waals surface area contributed by atoms with E-state index in [4.69, 9.17) is 11.7 Å². The molecule has 0 fully saturated rings. The molecule has 0 aliphatic carbocycles. The number of carbonyl (C=O) groups is 1. The number of hydrogen-bond acceptors (Lipinski definition) is 2. The lowest BCUT2D eigenvalue weighted by molar-refractivity contribution is -0.140. The number of hydrogen-bond donors (Lipinski definition) is 1. The van der Waals surface area contributed by atoms with Crippen LogP contribution in [-0.4, -0.2) is 11.1 Å². The van der Waals surface area contributed by atoms with Gasteiger partial charge in [-0.3, -0.25) is 4.79 Å². The molecule has 0 rings (SSSR count). The number of nitriles is 1. The highest BCUT2D eigenvalue weighted by atomic mass is 16.4. The van der Waals surface area contributed by atoms with Crippen molar-refractivity contribution < 1.29 is 11.3 Å². The number of nitrogens with zero attached hydrogens (tertiary/aromatic N) is 1. The fraction of sp³-hybridized carbons (Fsp3) is 0.667. The zero-order valence-electron chi connectivity index (χ0n) is 6.38. The van der Waals surface area contributed by atoms with Crippen molar-refractivity contribution in [2.45, 2.75) is 13.8 Å². The molecule has 0 heterocycles. The van der Waals surface area contributed by atoms with Gasteiger partial charge in [-0.15, -0.1) is 0 Å². The Hall–Kier alpha value is -1.04. The van der Waals surface area contributed by atoms with Crippen molar-refractivity contribution in [1.29, 1.82) is 5.26 Å². The van der Waals surface area contributed by atoms with Crippen LogP contribution in [0.15, 0.2) is 0 Å². The molecular weight excluding hydrogens is 118 g/mol. The molecule has 0 radical (unpaired) electrons. The van der Waals surface area contributed by atoms with E-state index in [1.807, 2.05) is 0 Å². The summed E-state index contributed by atoms with van der Waals surface area (Å²) in [4.78, 5) is 10.2. The van der Waals surface area contributed by atoms with E-state index in [9.17, 15) is 4.79 Å². The number of aliphatic carboxylic acids is 1. The Bertz CT molecular complexity index is 177. The van der Waals surface area contributed by atoms with Gasteiger partial charge in [0.05, 0.1) is 6.07 Å². The van der Waals surface area contributed by atoms with Crippen molar-refractivity contribution >= 4 is 5.97 Å². The summed E-state index contributed by atoms with van der Waals surface area (Å²) in [6.45, 7) is 2.80. The van der Waals surface area contributed by atoms with E-state index in [1.165, 1.54) is 13.8 Å². The molecule has 0 saturated heterocycles.